The third-order valence-corrected chi connectivity index (χ3v) is 2.73. The molecule has 0 aliphatic heterocycles. The molecule has 0 saturated heterocycles. The van der Waals surface area contributed by atoms with Crippen LogP contribution in [0.25, 0.3) is 0 Å². The topological polar surface area (TPSA) is 38.5 Å². The fourth-order valence-electron chi connectivity index (χ4n) is 1.84. The molecule has 0 bridgehead atoms. The number of hydrogen-bond donors (Lipinski definition) is 1. The lowest BCUT2D eigenvalue weighted by Gasteiger charge is -2.30. The van der Waals surface area contributed by atoms with E-state index in [4.69, 9.17) is 10.5 Å². The highest BCUT2D eigenvalue weighted by molar-refractivity contribution is 5.54. The molecule has 1 rings (SSSR count). The van der Waals surface area contributed by atoms with E-state index in [9.17, 15) is 4.39 Å². The Morgan fingerprint density at radius 2 is 2.12 bits per heavy atom. The Bertz CT molecular complexity index is 355. The van der Waals surface area contributed by atoms with Gasteiger partial charge in [-0.1, -0.05) is 0 Å². The Balaban J connectivity index is 3.00. The van der Waals surface area contributed by atoms with E-state index in [1.165, 1.54) is 12.1 Å². The molecule has 0 aliphatic carbocycles. The first kappa shape index (κ1) is 13.9. The number of anilines is 1. The maximum Gasteiger partial charge on any atom is 0.123 e. The van der Waals surface area contributed by atoms with Crippen LogP contribution < -0.4 is 10.6 Å². The molecule has 1 aromatic rings. The zero-order valence-electron chi connectivity index (χ0n) is 10.7. The van der Waals surface area contributed by atoms with E-state index in [2.05, 4.69) is 18.7 Å². The van der Waals surface area contributed by atoms with Gasteiger partial charge in [-0.15, -0.1) is 0 Å². The Labute approximate surface area is 102 Å². The molecule has 0 unspecified atom stereocenters. The third-order valence-electron chi connectivity index (χ3n) is 2.73. The highest BCUT2D eigenvalue weighted by Gasteiger charge is 2.14. The van der Waals surface area contributed by atoms with Crippen molar-refractivity contribution in [3.63, 3.8) is 0 Å². The number of nitrogens with zero attached hydrogens (tertiary/aromatic N) is 1. The molecule has 2 N–H and O–H groups in total. The maximum absolute atomic E-state index is 13.2. The van der Waals surface area contributed by atoms with Crippen molar-refractivity contribution in [2.45, 2.75) is 26.4 Å². The van der Waals surface area contributed by atoms with E-state index >= 15 is 0 Å². The molecular weight excluding hydrogens is 219 g/mol. The van der Waals surface area contributed by atoms with Crippen LogP contribution in [0.3, 0.4) is 0 Å². The van der Waals surface area contributed by atoms with Gasteiger partial charge < -0.3 is 15.4 Å². The number of rotatable bonds is 6. The highest BCUT2D eigenvalue weighted by atomic mass is 19.1. The van der Waals surface area contributed by atoms with Gasteiger partial charge in [-0.3, -0.25) is 0 Å². The van der Waals surface area contributed by atoms with Crippen molar-refractivity contribution in [3.8, 4) is 0 Å². The lowest BCUT2D eigenvalue weighted by molar-refractivity contribution is 0.204. The smallest absolute Gasteiger partial charge is 0.123 e. The molecule has 0 spiro atoms. The second-order valence-corrected chi connectivity index (χ2v) is 4.26. The van der Waals surface area contributed by atoms with Crippen molar-refractivity contribution < 1.29 is 9.13 Å². The molecule has 0 aliphatic rings. The van der Waals surface area contributed by atoms with Gasteiger partial charge in [0.2, 0.25) is 0 Å². The van der Waals surface area contributed by atoms with Gasteiger partial charge in [-0.2, -0.15) is 0 Å². The van der Waals surface area contributed by atoms with E-state index in [0.717, 1.165) is 17.8 Å². The molecule has 17 heavy (non-hydrogen) atoms. The number of ether oxygens (including phenoxy) is 1. The first-order valence-corrected chi connectivity index (χ1v) is 5.84. The summed E-state index contributed by atoms with van der Waals surface area (Å²) in [6.07, 6.45) is 0. The molecule has 1 aromatic carbocycles. The molecular formula is C13H21FN2O. The quantitative estimate of drug-likeness (QED) is 0.828. The van der Waals surface area contributed by atoms with E-state index in [1.807, 2.05) is 0 Å². The molecule has 0 amide bonds. The minimum atomic E-state index is -0.246. The third kappa shape index (κ3) is 3.68. The Morgan fingerprint density at radius 3 is 2.65 bits per heavy atom. The number of benzene rings is 1. The van der Waals surface area contributed by atoms with Crippen LogP contribution >= 0.6 is 0 Å². The van der Waals surface area contributed by atoms with E-state index in [-0.39, 0.29) is 5.82 Å². The van der Waals surface area contributed by atoms with Gasteiger partial charge >= 0.3 is 0 Å². The summed E-state index contributed by atoms with van der Waals surface area (Å²) in [6, 6.07) is 5.07. The van der Waals surface area contributed by atoms with Crippen molar-refractivity contribution in [1.82, 2.24) is 0 Å². The summed E-state index contributed by atoms with van der Waals surface area (Å²) in [6.45, 7) is 5.94. The number of halogens is 1. The van der Waals surface area contributed by atoms with Gasteiger partial charge in [-0.25, -0.2) is 4.39 Å². The minimum Gasteiger partial charge on any atom is -0.383 e. The van der Waals surface area contributed by atoms with Crippen LogP contribution in [0, 0.1) is 5.82 Å². The van der Waals surface area contributed by atoms with Crippen molar-refractivity contribution in [3.05, 3.63) is 29.6 Å². The van der Waals surface area contributed by atoms with E-state index < -0.39 is 0 Å². The monoisotopic (exact) mass is 240 g/mol. The average Bonchev–Trinajstić information content (AvgIpc) is 2.30. The van der Waals surface area contributed by atoms with E-state index in [0.29, 0.717) is 19.2 Å². The van der Waals surface area contributed by atoms with Gasteiger partial charge in [0.15, 0.2) is 0 Å². The summed E-state index contributed by atoms with van der Waals surface area (Å²) >= 11 is 0. The lowest BCUT2D eigenvalue weighted by atomic mass is 10.1. The highest BCUT2D eigenvalue weighted by Crippen LogP contribution is 2.23. The summed E-state index contributed by atoms with van der Waals surface area (Å²) in [5.74, 6) is -0.246. The molecule has 96 valence electrons. The Hall–Kier alpha value is -1.13. The largest absolute Gasteiger partial charge is 0.383 e. The van der Waals surface area contributed by atoms with Crippen LogP contribution in [0.4, 0.5) is 10.1 Å². The van der Waals surface area contributed by atoms with Crippen molar-refractivity contribution >= 4 is 5.69 Å². The molecule has 0 aromatic heterocycles. The summed E-state index contributed by atoms with van der Waals surface area (Å²) in [5.41, 5.74) is 7.48. The van der Waals surface area contributed by atoms with Gasteiger partial charge in [0.25, 0.3) is 0 Å². The molecule has 3 nitrogen and oxygen atoms in total. The van der Waals surface area contributed by atoms with Crippen LogP contribution in [0.5, 0.6) is 0 Å². The Kier molecular flexibility index (Phi) is 5.38. The summed E-state index contributed by atoms with van der Waals surface area (Å²) in [7, 11) is 1.67. The molecule has 0 atom stereocenters. The predicted octanol–water partition coefficient (Wildman–Crippen LogP) is 2.15. The summed E-state index contributed by atoms with van der Waals surface area (Å²) in [4.78, 5) is 2.17. The number of methoxy groups -OCH3 is 1. The van der Waals surface area contributed by atoms with Crippen molar-refractivity contribution in [1.29, 1.82) is 0 Å². The zero-order valence-corrected chi connectivity index (χ0v) is 10.7. The van der Waals surface area contributed by atoms with Gasteiger partial charge in [0.1, 0.15) is 5.82 Å². The summed E-state index contributed by atoms with van der Waals surface area (Å²) < 4.78 is 18.2. The van der Waals surface area contributed by atoms with Gasteiger partial charge in [0, 0.05) is 31.9 Å². The summed E-state index contributed by atoms with van der Waals surface area (Å²) in [5, 5.41) is 0. The Morgan fingerprint density at radius 1 is 1.41 bits per heavy atom. The fraction of sp³-hybridized carbons (Fsp3) is 0.538. The predicted molar refractivity (Wildman–Crippen MR) is 68.6 cm³/mol. The number of hydrogen-bond acceptors (Lipinski definition) is 3. The van der Waals surface area contributed by atoms with Crippen LogP contribution in [-0.4, -0.2) is 26.3 Å². The van der Waals surface area contributed by atoms with Crippen LogP contribution in [0.2, 0.25) is 0 Å². The standard InChI is InChI=1S/C13H21FN2O/c1-10(2)16(6-7-17-3)13-5-4-12(14)8-11(13)9-15/h4-5,8,10H,6-7,9,15H2,1-3H3. The lowest BCUT2D eigenvalue weighted by Crippen LogP contribution is -2.34. The second-order valence-electron chi connectivity index (χ2n) is 4.26. The normalized spacial score (nSPS) is 10.9. The molecule has 4 heteroatoms. The molecule has 0 radical (unpaired) electrons. The number of nitrogens with two attached hydrogens (primary N) is 1. The average molecular weight is 240 g/mol. The SMILES string of the molecule is COCCN(c1ccc(F)cc1CN)C(C)C. The van der Waals surface area contributed by atoms with Gasteiger partial charge in [0.05, 0.1) is 6.61 Å². The fourth-order valence-corrected chi connectivity index (χ4v) is 1.84. The molecule has 0 fully saturated rings. The van der Waals surface area contributed by atoms with Crippen molar-refractivity contribution in [2.75, 3.05) is 25.2 Å². The van der Waals surface area contributed by atoms with Crippen LogP contribution in [0.1, 0.15) is 19.4 Å². The van der Waals surface area contributed by atoms with E-state index in [1.54, 1.807) is 13.2 Å². The molecule has 0 heterocycles. The first-order chi connectivity index (χ1) is 8.10. The van der Waals surface area contributed by atoms with Gasteiger partial charge in [-0.05, 0) is 37.6 Å². The van der Waals surface area contributed by atoms with Crippen molar-refractivity contribution in [2.24, 2.45) is 5.73 Å². The van der Waals surface area contributed by atoms with Crippen LogP contribution in [0.15, 0.2) is 18.2 Å². The molecule has 0 saturated carbocycles. The second kappa shape index (κ2) is 6.57. The van der Waals surface area contributed by atoms with Crippen LogP contribution in [-0.2, 0) is 11.3 Å². The minimum absolute atomic E-state index is 0.246. The maximum atomic E-state index is 13.2. The zero-order chi connectivity index (χ0) is 12.8. The first-order valence-electron chi connectivity index (χ1n) is 5.84.